The molecule has 0 spiro atoms. The molecule has 5 nitrogen and oxygen atoms in total. The number of thiophene rings is 1. The van der Waals surface area contributed by atoms with Gasteiger partial charge in [0.25, 0.3) is 0 Å². The molecule has 1 rings (SSSR count). The second kappa shape index (κ2) is 6.24. The Morgan fingerprint density at radius 1 is 1.50 bits per heavy atom. The van der Waals surface area contributed by atoms with E-state index in [9.17, 15) is 9.59 Å². The summed E-state index contributed by atoms with van der Waals surface area (Å²) < 4.78 is 4.48. The Morgan fingerprint density at radius 2 is 2.25 bits per heavy atom. The molecule has 0 aliphatic heterocycles. The first kappa shape index (κ1) is 12.7. The predicted octanol–water partition coefficient (Wildman–Crippen LogP) is 1.10. The zero-order chi connectivity index (χ0) is 12.0. The monoisotopic (exact) mass is 243 g/mol. The number of carbonyl (C=O) groups is 2. The molecular formula is C10H13NO4S. The average molecular weight is 243 g/mol. The van der Waals surface area contributed by atoms with Crippen LogP contribution in [0.15, 0.2) is 12.1 Å². The van der Waals surface area contributed by atoms with E-state index >= 15 is 0 Å². The van der Waals surface area contributed by atoms with Gasteiger partial charge in [-0.05, 0) is 12.1 Å². The van der Waals surface area contributed by atoms with Crippen LogP contribution in [-0.4, -0.2) is 30.7 Å². The van der Waals surface area contributed by atoms with E-state index in [0.717, 1.165) is 4.88 Å². The van der Waals surface area contributed by atoms with Gasteiger partial charge in [0.05, 0.1) is 13.5 Å². The summed E-state index contributed by atoms with van der Waals surface area (Å²) in [5.41, 5.74) is 0. The predicted molar refractivity (Wildman–Crippen MR) is 59.6 cm³/mol. The summed E-state index contributed by atoms with van der Waals surface area (Å²) >= 11 is 1.23. The van der Waals surface area contributed by atoms with E-state index in [1.165, 1.54) is 18.4 Å². The van der Waals surface area contributed by atoms with Gasteiger partial charge < -0.3 is 15.2 Å². The molecule has 16 heavy (non-hydrogen) atoms. The van der Waals surface area contributed by atoms with Crippen molar-refractivity contribution in [2.45, 2.75) is 13.0 Å². The van der Waals surface area contributed by atoms with Crippen LogP contribution in [0.4, 0.5) is 0 Å². The standard InChI is InChI=1S/C10H13NO4S/c1-15-9(12)4-5-11-6-7-2-3-8(16-7)10(13)14/h2-3,11H,4-6H2,1H3,(H,13,14). The zero-order valence-corrected chi connectivity index (χ0v) is 9.67. The van der Waals surface area contributed by atoms with Crippen LogP contribution in [0.2, 0.25) is 0 Å². The normalized spacial score (nSPS) is 10.1. The van der Waals surface area contributed by atoms with Gasteiger partial charge in [-0.25, -0.2) is 4.79 Å². The van der Waals surface area contributed by atoms with Crippen molar-refractivity contribution in [2.75, 3.05) is 13.7 Å². The van der Waals surface area contributed by atoms with Gasteiger partial charge >= 0.3 is 11.9 Å². The summed E-state index contributed by atoms with van der Waals surface area (Å²) in [6.07, 6.45) is 0.313. The molecule has 0 fully saturated rings. The lowest BCUT2D eigenvalue weighted by molar-refractivity contribution is -0.140. The Kier molecular flexibility index (Phi) is 4.94. The fraction of sp³-hybridized carbons (Fsp3) is 0.400. The Labute approximate surface area is 97.0 Å². The van der Waals surface area contributed by atoms with Crippen molar-refractivity contribution in [2.24, 2.45) is 0 Å². The molecule has 0 unspecified atom stereocenters. The number of methoxy groups -OCH3 is 1. The van der Waals surface area contributed by atoms with Crippen LogP contribution in [0.25, 0.3) is 0 Å². The van der Waals surface area contributed by atoms with Crippen LogP contribution >= 0.6 is 11.3 Å². The van der Waals surface area contributed by atoms with E-state index in [0.29, 0.717) is 24.4 Å². The van der Waals surface area contributed by atoms with E-state index in [1.807, 2.05) is 0 Å². The minimum atomic E-state index is -0.911. The third-order valence-corrected chi connectivity index (χ3v) is 2.98. The molecule has 0 saturated heterocycles. The van der Waals surface area contributed by atoms with Gasteiger partial charge in [0.15, 0.2) is 0 Å². The second-order valence-corrected chi connectivity index (χ2v) is 4.24. The van der Waals surface area contributed by atoms with Crippen molar-refractivity contribution < 1.29 is 19.4 Å². The zero-order valence-electron chi connectivity index (χ0n) is 8.86. The number of carboxylic acids is 1. The molecule has 0 aliphatic rings. The maximum absolute atomic E-state index is 10.8. The lowest BCUT2D eigenvalue weighted by atomic mass is 10.4. The number of hydrogen-bond acceptors (Lipinski definition) is 5. The summed E-state index contributed by atoms with van der Waals surface area (Å²) in [5.74, 6) is -1.17. The Bertz CT molecular complexity index is 375. The molecule has 1 heterocycles. The largest absolute Gasteiger partial charge is 0.477 e. The van der Waals surface area contributed by atoms with Crippen molar-refractivity contribution in [3.05, 3.63) is 21.9 Å². The lowest BCUT2D eigenvalue weighted by Crippen LogP contribution is -2.17. The van der Waals surface area contributed by atoms with Crippen LogP contribution in [0.1, 0.15) is 21.0 Å². The quantitative estimate of drug-likeness (QED) is 0.578. The van der Waals surface area contributed by atoms with Crippen molar-refractivity contribution >= 4 is 23.3 Å². The first-order chi connectivity index (χ1) is 7.63. The maximum Gasteiger partial charge on any atom is 0.345 e. The number of aromatic carboxylic acids is 1. The topological polar surface area (TPSA) is 75.6 Å². The Balaban J connectivity index is 2.27. The summed E-state index contributed by atoms with van der Waals surface area (Å²) in [6, 6.07) is 3.34. The van der Waals surface area contributed by atoms with Gasteiger partial charge in [-0.2, -0.15) is 0 Å². The molecule has 0 atom stereocenters. The van der Waals surface area contributed by atoms with E-state index in [4.69, 9.17) is 5.11 Å². The molecule has 0 bridgehead atoms. The van der Waals surface area contributed by atoms with Crippen molar-refractivity contribution in [1.29, 1.82) is 0 Å². The summed E-state index contributed by atoms with van der Waals surface area (Å²) in [7, 11) is 1.35. The number of carbonyl (C=O) groups excluding carboxylic acids is 1. The van der Waals surface area contributed by atoms with Gasteiger partial charge in [0.1, 0.15) is 4.88 Å². The number of ether oxygens (including phenoxy) is 1. The fourth-order valence-electron chi connectivity index (χ4n) is 1.09. The van der Waals surface area contributed by atoms with E-state index < -0.39 is 5.97 Å². The lowest BCUT2D eigenvalue weighted by Gasteiger charge is -2.01. The van der Waals surface area contributed by atoms with Crippen LogP contribution in [0.3, 0.4) is 0 Å². The van der Waals surface area contributed by atoms with Gasteiger partial charge in [-0.15, -0.1) is 11.3 Å². The van der Waals surface area contributed by atoms with Crippen molar-refractivity contribution in [3.63, 3.8) is 0 Å². The van der Waals surface area contributed by atoms with E-state index in [2.05, 4.69) is 10.1 Å². The molecule has 88 valence electrons. The van der Waals surface area contributed by atoms with Crippen LogP contribution in [0, 0.1) is 0 Å². The first-order valence-electron chi connectivity index (χ1n) is 4.73. The van der Waals surface area contributed by atoms with E-state index in [1.54, 1.807) is 12.1 Å². The van der Waals surface area contributed by atoms with Gasteiger partial charge in [-0.3, -0.25) is 4.79 Å². The van der Waals surface area contributed by atoms with Crippen LogP contribution in [-0.2, 0) is 16.1 Å². The second-order valence-electron chi connectivity index (χ2n) is 3.07. The third-order valence-electron chi connectivity index (χ3n) is 1.91. The highest BCUT2D eigenvalue weighted by Crippen LogP contribution is 2.15. The highest BCUT2D eigenvalue weighted by molar-refractivity contribution is 7.13. The molecule has 0 amide bonds. The highest BCUT2D eigenvalue weighted by Gasteiger charge is 2.06. The average Bonchev–Trinajstić information content (AvgIpc) is 2.72. The summed E-state index contributed by atoms with van der Waals surface area (Å²) in [4.78, 5) is 22.6. The summed E-state index contributed by atoms with van der Waals surface area (Å²) in [6.45, 7) is 1.09. The number of rotatable bonds is 6. The van der Waals surface area contributed by atoms with Crippen LogP contribution in [0.5, 0.6) is 0 Å². The molecule has 0 saturated carbocycles. The molecule has 6 heteroatoms. The van der Waals surface area contributed by atoms with Crippen LogP contribution < -0.4 is 5.32 Å². The Hall–Kier alpha value is -1.40. The van der Waals surface area contributed by atoms with E-state index in [-0.39, 0.29) is 5.97 Å². The highest BCUT2D eigenvalue weighted by atomic mass is 32.1. The molecule has 1 aromatic heterocycles. The number of hydrogen-bond donors (Lipinski definition) is 2. The minimum absolute atomic E-state index is 0.259. The first-order valence-corrected chi connectivity index (χ1v) is 5.54. The van der Waals surface area contributed by atoms with Gasteiger partial charge in [-0.1, -0.05) is 0 Å². The Morgan fingerprint density at radius 3 is 2.81 bits per heavy atom. The summed E-state index contributed by atoms with van der Waals surface area (Å²) in [5, 5.41) is 11.7. The molecule has 0 aliphatic carbocycles. The molecule has 1 aromatic rings. The number of esters is 1. The SMILES string of the molecule is COC(=O)CCNCc1ccc(C(=O)O)s1. The van der Waals surface area contributed by atoms with Crippen molar-refractivity contribution in [3.8, 4) is 0 Å². The number of nitrogens with one attached hydrogen (secondary N) is 1. The fourth-order valence-corrected chi connectivity index (χ4v) is 1.91. The van der Waals surface area contributed by atoms with Gasteiger partial charge in [0, 0.05) is 18.0 Å². The third kappa shape index (κ3) is 4.00. The molecular weight excluding hydrogens is 230 g/mol. The molecule has 0 radical (unpaired) electrons. The maximum atomic E-state index is 10.8. The van der Waals surface area contributed by atoms with Gasteiger partial charge in [0.2, 0.25) is 0 Å². The van der Waals surface area contributed by atoms with Crippen molar-refractivity contribution in [1.82, 2.24) is 5.32 Å². The molecule has 0 aromatic carbocycles. The number of carboxylic acid groups (broad SMARTS) is 1. The smallest absolute Gasteiger partial charge is 0.345 e. The molecule has 2 N–H and O–H groups in total. The minimum Gasteiger partial charge on any atom is -0.477 e.